The van der Waals surface area contributed by atoms with Crippen molar-refractivity contribution in [1.82, 2.24) is 19.7 Å². The number of benzene rings is 1. The van der Waals surface area contributed by atoms with Crippen LogP contribution in [0.3, 0.4) is 0 Å². The molecule has 0 aliphatic heterocycles. The zero-order valence-corrected chi connectivity index (χ0v) is 13.0. The average molecular weight is 348 g/mol. The maximum absolute atomic E-state index is 5.91. The maximum Gasteiger partial charge on any atom is 0.163 e. The van der Waals surface area contributed by atoms with E-state index in [1.54, 1.807) is 10.9 Å². The minimum absolute atomic E-state index is 0.298. The summed E-state index contributed by atoms with van der Waals surface area (Å²) >= 11 is 3.49. The van der Waals surface area contributed by atoms with Gasteiger partial charge in [0.15, 0.2) is 11.5 Å². The van der Waals surface area contributed by atoms with Gasteiger partial charge in [0.1, 0.15) is 12.4 Å². The van der Waals surface area contributed by atoms with Crippen LogP contribution in [0.25, 0.3) is 11.0 Å². The van der Waals surface area contributed by atoms with E-state index in [4.69, 9.17) is 10.5 Å². The van der Waals surface area contributed by atoms with Gasteiger partial charge in [-0.05, 0) is 11.6 Å². The second kappa shape index (κ2) is 5.79. The molecule has 2 heterocycles. The largest absolute Gasteiger partial charge is 0.383 e. The molecule has 2 N–H and O–H groups in total. The molecule has 2 aromatic heterocycles. The Balaban J connectivity index is 1.74. The van der Waals surface area contributed by atoms with Crippen LogP contribution < -0.4 is 5.73 Å². The zero-order chi connectivity index (χ0) is 14.8. The quantitative estimate of drug-likeness (QED) is 0.783. The van der Waals surface area contributed by atoms with E-state index in [0.29, 0.717) is 30.5 Å². The summed E-state index contributed by atoms with van der Waals surface area (Å²) in [6.07, 6.45) is 1.66. The third-order valence-corrected chi connectivity index (χ3v) is 3.89. The van der Waals surface area contributed by atoms with Gasteiger partial charge < -0.3 is 10.5 Å². The number of nitrogens with zero attached hydrogens (tertiary/aromatic N) is 4. The summed E-state index contributed by atoms with van der Waals surface area (Å²) in [5.41, 5.74) is 7.70. The standard InChI is InChI=1S/C14H14BrN5O/c1-20-14-10(6-17-20)13(16)18-12(19-14)8-21-7-9-4-2-3-5-11(9)15/h2-6H,7-8H2,1H3,(H2,16,18,19). The molecule has 0 saturated heterocycles. The van der Waals surface area contributed by atoms with Crippen molar-refractivity contribution in [2.24, 2.45) is 7.05 Å². The van der Waals surface area contributed by atoms with Crippen molar-refractivity contribution in [1.29, 1.82) is 0 Å². The number of nitrogens with two attached hydrogens (primary N) is 1. The maximum atomic E-state index is 5.91. The normalized spacial score (nSPS) is 11.1. The number of fused-ring (bicyclic) bond motifs is 1. The highest BCUT2D eigenvalue weighted by Gasteiger charge is 2.09. The van der Waals surface area contributed by atoms with Crippen LogP contribution in [-0.2, 0) is 25.0 Å². The SMILES string of the molecule is Cn1ncc2c(N)nc(COCc3ccccc3Br)nc21. The van der Waals surface area contributed by atoms with Crippen LogP contribution >= 0.6 is 15.9 Å². The van der Waals surface area contributed by atoms with E-state index >= 15 is 0 Å². The monoisotopic (exact) mass is 347 g/mol. The molecule has 1 aromatic carbocycles. The van der Waals surface area contributed by atoms with Crippen LogP contribution in [0, 0.1) is 0 Å². The minimum atomic E-state index is 0.298. The summed E-state index contributed by atoms with van der Waals surface area (Å²) < 4.78 is 8.36. The van der Waals surface area contributed by atoms with Gasteiger partial charge in [0.05, 0.1) is 18.2 Å². The molecule has 0 bridgehead atoms. The lowest BCUT2D eigenvalue weighted by Crippen LogP contribution is -2.05. The number of hydrogen-bond donors (Lipinski definition) is 1. The lowest BCUT2D eigenvalue weighted by atomic mass is 10.2. The van der Waals surface area contributed by atoms with Gasteiger partial charge in [-0.15, -0.1) is 0 Å². The number of rotatable bonds is 4. The number of anilines is 1. The molecule has 0 atom stereocenters. The van der Waals surface area contributed by atoms with Gasteiger partial charge in [0.25, 0.3) is 0 Å². The topological polar surface area (TPSA) is 78.9 Å². The van der Waals surface area contributed by atoms with Crippen LogP contribution in [0.5, 0.6) is 0 Å². The third-order valence-electron chi connectivity index (χ3n) is 3.11. The molecule has 7 heteroatoms. The molecule has 108 valence electrons. The Bertz CT molecular complexity index is 786. The van der Waals surface area contributed by atoms with Crippen molar-refractivity contribution in [2.45, 2.75) is 13.2 Å². The first-order valence-corrected chi connectivity index (χ1v) is 7.19. The van der Waals surface area contributed by atoms with E-state index in [2.05, 4.69) is 31.0 Å². The van der Waals surface area contributed by atoms with Gasteiger partial charge in [0.2, 0.25) is 0 Å². The fourth-order valence-corrected chi connectivity index (χ4v) is 2.42. The van der Waals surface area contributed by atoms with E-state index in [1.807, 2.05) is 31.3 Å². The summed E-state index contributed by atoms with van der Waals surface area (Å²) in [7, 11) is 1.82. The predicted molar refractivity (Wildman–Crippen MR) is 83.4 cm³/mol. The Morgan fingerprint density at radius 3 is 2.86 bits per heavy atom. The van der Waals surface area contributed by atoms with Gasteiger partial charge >= 0.3 is 0 Å². The van der Waals surface area contributed by atoms with Crippen molar-refractivity contribution >= 4 is 32.8 Å². The fourth-order valence-electron chi connectivity index (χ4n) is 2.02. The first kappa shape index (κ1) is 14.0. The van der Waals surface area contributed by atoms with Gasteiger partial charge in [-0.25, -0.2) is 9.97 Å². The van der Waals surface area contributed by atoms with Crippen molar-refractivity contribution in [3.63, 3.8) is 0 Å². The van der Waals surface area contributed by atoms with Crippen molar-refractivity contribution < 1.29 is 4.74 Å². The van der Waals surface area contributed by atoms with Crippen molar-refractivity contribution in [2.75, 3.05) is 5.73 Å². The van der Waals surface area contributed by atoms with Crippen LogP contribution in [0.15, 0.2) is 34.9 Å². The van der Waals surface area contributed by atoms with Crippen LogP contribution in [-0.4, -0.2) is 19.7 Å². The summed E-state index contributed by atoms with van der Waals surface area (Å²) in [6.45, 7) is 0.779. The summed E-state index contributed by atoms with van der Waals surface area (Å²) in [5, 5.41) is 4.88. The molecular formula is C14H14BrN5O. The minimum Gasteiger partial charge on any atom is -0.383 e. The summed E-state index contributed by atoms with van der Waals surface area (Å²) in [6, 6.07) is 7.92. The Morgan fingerprint density at radius 2 is 2.05 bits per heavy atom. The number of nitrogen functional groups attached to an aromatic ring is 1. The van der Waals surface area contributed by atoms with E-state index in [1.165, 1.54) is 0 Å². The predicted octanol–water partition coefficient (Wildman–Crippen LogP) is 2.42. The molecule has 0 amide bonds. The Kier molecular flexibility index (Phi) is 3.85. The van der Waals surface area contributed by atoms with E-state index in [9.17, 15) is 0 Å². The second-order valence-electron chi connectivity index (χ2n) is 4.61. The van der Waals surface area contributed by atoms with Gasteiger partial charge in [0, 0.05) is 11.5 Å². The Hall–Kier alpha value is -1.99. The molecule has 6 nitrogen and oxygen atoms in total. The van der Waals surface area contributed by atoms with Gasteiger partial charge in [-0.2, -0.15) is 5.10 Å². The highest BCUT2D eigenvalue weighted by atomic mass is 79.9. The molecular weight excluding hydrogens is 334 g/mol. The summed E-state index contributed by atoms with van der Waals surface area (Å²) in [5.74, 6) is 0.975. The second-order valence-corrected chi connectivity index (χ2v) is 5.47. The number of aryl methyl sites for hydroxylation is 1. The molecule has 0 aliphatic carbocycles. The smallest absolute Gasteiger partial charge is 0.163 e. The molecule has 0 saturated carbocycles. The van der Waals surface area contributed by atoms with Gasteiger partial charge in [-0.1, -0.05) is 34.1 Å². The van der Waals surface area contributed by atoms with E-state index in [0.717, 1.165) is 15.4 Å². The Morgan fingerprint density at radius 1 is 1.24 bits per heavy atom. The van der Waals surface area contributed by atoms with Crippen LogP contribution in [0.4, 0.5) is 5.82 Å². The van der Waals surface area contributed by atoms with E-state index in [-0.39, 0.29) is 0 Å². The molecule has 0 unspecified atom stereocenters. The molecule has 0 spiro atoms. The average Bonchev–Trinajstić information content (AvgIpc) is 2.83. The van der Waals surface area contributed by atoms with E-state index < -0.39 is 0 Å². The highest BCUT2D eigenvalue weighted by Crippen LogP contribution is 2.19. The first-order chi connectivity index (χ1) is 10.1. The highest BCUT2D eigenvalue weighted by molar-refractivity contribution is 9.10. The molecule has 0 aliphatic rings. The Labute approximate surface area is 130 Å². The molecule has 3 aromatic rings. The molecule has 0 radical (unpaired) electrons. The van der Waals surface area contributed by atoms with Crippen LogP contribution in [0.1, 0.15) is 11.4 Å². The zero-order valence-electron chi connectivity index (χ0n) is 11.5. The number of hydrogen-bond acceptors (Lipinski definition) is 5. The lowest BCUT2D eigenvalue weighted by Gasteiger charge is -2.06. The summed E-state index contributed by atoms with van der Waals surface area (Å²) in [4.78, 5) is 8.67. The molecule has 0 fully saturated rings. The van der Waals surface area contributed by atoms with Crippen LogP contribution in [0.2, 0.25) is 0 Å². The molecule has 3 rings (SSSR count). The lowest BCUT2D eigenvalue weighted by molar-refractivity contribution is 0.101. The first-order valence-electron chi connectivity index (χ1n) is 6.40. The number of aromatic nitrogens is 4. The fraction of sp³-hybridized carbons (Fsp3) is 0.214. The van der Waals surface area contributed by atoms with Gasteiger partial charge in [-0.3, -0.25) is 4.68 Å². The third kappa shape index (κ3) is 2.88. The molecule has 21 heavy (non-hydrogen) atoms. The van der Waals surface area contributed by atoms with Crippen molar-refractivity contribution in [3.8, 4) is 0 Å². The number of ether oxygens (including phenoxy) is 1. The number of halogens is 1. The van der Waals surface area contributed by atoms with Crippen molar-refractivity contribution in [3.05, 3.63) is 46.3 Å².